The van der Waals surface area contributed by atoms with Crippen molar-refractivity contribution in [2.24, 2.45) is 12.8 Å². The quantitative estimate of drug-likeness (QED) is 0.911. The summed E-state index contributed by atoms with van der Waals surface area (Å²) in [6, 6.07) is 1.75. The number of halogens is 1. The van der Waals surface area contributed by atoms with Gasteiger partial charge >= 0.3 is 0 Å². The van der Waals surface area contributed by atoms with E-state index in [0.717, 1.165) is 28.4 Å². The van der Waals surface area contributed by atoms with Crippen LogP contribution in [0.2, 0.25) is 5.02 Å². The van der Waals surface area contributed by atoms with E-state index in [0.29, 0.717) is 6.42 Å². The molecule has 2 heterocycles. The van der Waals surface area contributed by atoms with Crippen LogP contribution < -0.4 is 5.73 Å². The first-order chi connectivity index (χ1) is 8.13. The van der Waals surface area contributed by atoms with Gasteiger partial charge in [0.15, 0.2) is 0 Å². The molecule has 2 rings (SSSR count). The molecule has 0 fully saturated rings. The lowest BCUT2D eigenvalue weighted by Gasteiger charge is -2.09. The van der Waals surface area contributed by atoms with E-state index in [2.05, 4.69) is 5.10 Å². The van der Waals surface area contributed by atoms with Crippen molar-refractivity contribution in [3.8, 4) is 0 Å². The second kappa shape index (κ2) is 4.94. The van der Waals surface area contributed by atoms with Crippen molar-refractivity contribution in [3.05, 3.63) is 40.6 Å². The second-order valence-corrected chi connectivity index (χ2v) is 4.43. The molecule has 1 atom stereocenters. The van der Waals surface area contributed by atoms with Gasteiger partial charge in [0.05, 0.1) is 28.9 Å². The number of nitrogens with zero attached hydrogens (tertiary/aromatic N) is 2. The van der Waals surface area contributed by atoms with Crippen LogP contribution in [0.5, 0.6) is 0 Å². The maximum absolute atomic E-state index is 6.27. The van der Waals surface area contributed by atoms with E-state index in [9.17, 15) is 0 Å². The van der Waals surface area contributed by atoms with E-state index >= 15 is 0 Å². The van der Waals surface area contributed by atoms with Crippen molar-refractivity contribution in [1.82, 2.24) is 9.78 Å². The largest absolute Gasteiger partial charge is 0.472 e. The number of hydrogen-bond donors (Lipinski definition) is 1. The predicted octanol–water partition coefficient (Wildman–Crippen LogP) is 2.47. The lowest BCUT2D eigenvalue weighted by Crippen LogP contribution is -2.14. The lowest BCUT2D eigenvalue weighted by atomic mass is 10.1. The van der Waals surface area contributed by atoms with Crippen LogP contribution in [0.15, 0.2) is 23.0 Å². The first kappa shape index (κ1) is 12.2. The molecular weight excluding hydrogens is 238 g/mol. The molecule has 0 saturated carbocycles. The number of nitrogens with two attached hydrogens (primary N) is 1. The van der Waals surface area contributed by atoms with Crippen LogP contribution in [-0.2, 0) is 19.9 Å². The van der Waals surface area contributed by atoms with Crippen LogP contribution in [0.25, 0.3) is 0 Å². The molecule has 0 amide bonds. The van der Waals surface area contributed by atoms with Gasteiger partial charge in [0.25, 0.3) is 0 Å². The lowest BCUT2D eigenvalue weighted by molar-refractivity contribution is 0.556. The third kappa shape index (κ3) is 2.37. The molecular formula is C12H16ClN3O. The zero-order valence-electron chi connectivity index (χ0n) is 9.98. The summed E-state index contributed by atoms with van der Waals surface area (Å²) >= 11 is 6.27. The average molecular weight is 254 g/mol. The molecule has 5 heteroatoms. The first-order valence-corrected chi connectivity index (χ1v) is 5.99. The molecule has 2 aromatic heterocycles. The van der Waals surface area contributed by atoms with E-state index in [1.54, 1.807) is 17.2 Å². The Balaban J connectivity index is 2.21. The Kier molecular flexibility index (Phi) is 3.54. The SMILES string of the molecule is CCc1nn(C)c(CC(N)c2ccoc2)c1Cl. The number of furan rings is 1. The zero-order chi connectivity index (χ0) is 12.4. The summed E-state index contributed by atoms with van der Waals surface area (Å²) in [4.78, 5) is 0. The highest BCUT2D eigenvalue weighted by molar-refractivity contribution is 6.31. The van der Waals surface area contributed by atoms with Gasteiger partial charge in [-0.25, -0.2) is 0 Å². The number of aromatic nitrogens is 2. The summed E-state index contributed by atoms with van der Waals surface area (Å²) in [5, 5.41) is 5.10. The van der Waals surface area contributed by atoms with Gasteiger partial charge in [-0.2, -0.15) is 5.10 Å². The molecule has 2 aromatic rings. The van der Waals surface area contributed by atoms with Crippen molar-refractivity contribution in [2.75, 3.05) is 0 Å². The van der Waals surface area contributed by atoms with Crippen LogP contribution in [0, 0.1) is 0 Å². The summed E-state index contributed by atoms with van der Waals surface area (Å²) in [6.07, 6.45) is 4.77. The summed E-state index contributed by atoms with van der Waals surface area (Å²) in [6.45, 7) is 2.04. The number of hydrogen-bond acceptors (Lipinski definition) is 3. The van der Waals surface area contributed by atoms with Crippen molar-refractivity contribution in [3.63, 3.8) is 0 Å². The fourth-order valence-corrected chi connectivity index (χ4v) is 2.22. The fourth-order valence-electron chi connectivity index (χ4n) is 1.85. The summed E-state index contributed by atoms with van der Waals surface area (Å²) in [5.41, 5.74) is 8.96. The van der Waals surface area contributed by atoms with E-state index in [1.807, 2.05) is 20.0 Å². The molecule has 0 bridgehead atoms. The minimum Gasteiger partial charge on any atom is -0.472 e. The van der Waals surface area contributed by atoms with Gasteiger partial charge in [-0.15, -0.1) is 0 Å². The van der Waals surface area contributed by atoms with Crippen LogP contribution in [0.1, 0.15) is 29.9 Å². The molecule has 0 aliphatic rings. The standard InChI is InChI=1S/C12H16ClN3O/c1-3-10-12(13)11(16(2)15-10)6-9(14)8-4-5-17-7-8/h4-5,7,9H,3,6,14H2,1-2H3. The Morgan fingerprint density at radius 2 is 2.35 bits per heavy atom. The predicted molar refractivity (Wildman–Crippen MR) is 66.9 cm³/mol. The van der Waals surface area contributed by atoms with Gasteiger partial charge in [0, 0.05) is 25.1 Å². The molecule has 0 aliphatic heterocycles. The maximum Gasteiger partial charge on any atom is 0.0950 e. The highest BCUT2D eigenvalue weighted by atomic mass is 35.5. The van der Waals surface area contributed by atoms with Gasteiger partial charge < -0.3 is 10.2 Å². The Labute approximate surface area is 105 Å². The van der Waals surface area contributed by atoms with Crippen LogP contribution in [0.3, 0.4) is 0 Å². The molecule has 0 radical (unpaired) electrons. The van der Waals surface area contributed by atoms with Crippen molar-refractivity contribution in [2.45, 2.75) is 25.8 Å². The molecule has 2 N–H and O–H groups in total. The van der Waals surface area contributed by atoms with Gasteiger partial charge in [0.1, 0.15) is 0 Å². The summed E-state index contributed by atoms with van der Waals surface area (Å²) in [5.74, 6) is 0. The van der Waals surface area contributed by atoms with Gasteiger partial charge in [-0.05, 0) is 12.5 Å². The Bertz CT molecular complexity index is 490. The van der Waals surface area contributed by atoms with E-state index in [4.69, 9.17) is 21.8 Å². The molecule has 0 aromatic carbocycles. The number of rotatable bonds is 4. The normalized spacial score (nSPS) is 12.9. The third-order valence-corrected chi connectivity index (χ3v) is 3.32. The molecule has 92 valence electrons. The Morgan fingerprint density at radius 1 is 1.59 bits per heavy atom. The Morgan fingerprint density at radius 3 is 2.88 bits per heavy atom. The topological polar surface area (TPSA) is 57.0 Å². The van der Waals surface area contributed by atoms with Crippen molar-refractivity contribution < 1.29 is 4.42 Å². The number of aryl methyl sites for hydroxylation is 2. The Hall–Kier alpha value is -1.26. The smallest absolute Gasteiger partial charge is 0.0950 e. The van der Waals surface area contributed by atoms with E-state index in [-0.39, 0.29) is 6.04 Å². The molecule has 17 heavy (non-hydrogen) atoms. The van der Waals surface area contributed by atoms with E-state index in [1.165, 1.54) is 0 Å². The molecule has 1 unspecified atom stereocenters. The van der Waals surface area contributed by atoms with Crippen LogP contribution in [0.4, 0.5) is 0 Å². The molecule has 0 aliphatic carbocycles. The summed E-state index contributed by atoms with van der Waals surface area (Å²) < 4.78 is 6.83. The minimum absolute atomic E-state index is 0.119. The zero-order valence-corrected chi connectivity index (χ0v) is 10.7. The van der Waals surface area contributed by atoms with Crippen molar-refractivity contribution in [1.29, 1.82) is 0 Å². The van der Waals surface area contributed by atoms with E-state index < -0.39 is 0 Å². The highest BCUT2D eigenvalue weighted by Crippen LogP contribution is 2.25. The third-order valence-electron chi connectivity index (χ3n) is 2.89. The van der Waals surface area contributed by atoms with Crippen LogP contribution >= 0.6 is 11.6 Å². The minimum atomic E-state index is -0.119. The first-order valence-electron chi connectivity index (χ1n) is 5.61. The van der Waals surface area contributed by atoms with Gasteiger partial charge in [-0.3, -0.25) is 4.68 Å². The monoisotopic (exact) mass is 253 g/mol. The molecule has 0 saturated heterocycles. The average Bonchev–Trinajstić information content (AvgIpc) is 2.92. The second-order valence-electron chi connectivity index (χ2n) is 4.05. The van der Waals surface area contributed by atoms with Crippen LogP contribution in [-0.4, -0.2) is 9.78 Å². The fraction of sp³-hybridized carbons (Fsp3) is 0.417. The van der Waals surface area contributed by atoms with Gasteiger partial charge in [0.2, 0.25) is 0 Å². The van der Waals surface area contributed by atoms with Gasteiger partial charge in [-0.1, -0.05) is 18.5 Å². The molecule has 4 nitrogen and oxygen atoms in total. The highest BCUT2D eigenvalue weighted by Gasteiger charge is 2.17. The molecule has 0 spiro atoms. The van der Waals surface area contributed by atoms with Crippen molar-refractivity contribution >= 4 is 11.6 Å². The maximum atomic E-state index is 6.27. The summed E-state index contributed by atoms with van der Waals surface area (Å²) in [7, 11) is 1.89.